The quantitative estimate of drug-likeness (QED) is 0.902. The standard InChI is InChI=1S/C19H26N2O2/c1-12-7-6-9-16(13(12)2)20-11-15-14-8-4-5-10-17(14)21(3)18(15)19(22)23/h4-5,8,10,12-13,16,20H,6-7,9,11H2,1-3H3,(H,22,23)/t12-,13-,16+/m1/s1. The molecule has 3 rings (SSSR count). The van der Waals surface area contributed by atoms with E-state index in [9.17, 15) is 9.90 Å². The molecule has 4 heteroatoms. The minimum atomic E-state index is -0.856. The Balaban J connectivity index is 1.90. The molecule has 0 saturated heterocycles. The second kappa shape index (κ2) is 6.36. The Hall–Kier alpha value is -1.81. The summed E-state index contributed by atoms with van der Waals surface area (Å²) in [6, 6.07) is 8.40. The third-order valence-corrected chi connectivity index (χ3v) is 5.66. The highest BCUT2D eigenvalue weighted by molar-refractivity contribution is 5.98. The average molecular weight is 314 g/mol. The van der Waals surface area contributed by atoms with Gasteiger partial charge in [-0.2, -0.15) is 0 Å². The van der Waals surface area contributed by atoms with Crippen molar-refractivity contribution in [1.29, 1.82) is 0 Å². The van der Waals surface area contributed by atoms with Crippen molar-refractivity contribution in [2.45, 2.75) is 45.7 Å². The maximum absolute atomic E-state index is 11.7. The van der Waals surface area contributed by atoms with Gasteiger partial charge in [-0.15, -0.1) is 0 Å². The van der Waals surface area contributed by atoms with Gasteiger partial charge in [-0.05, 0) is 24.3 Å². The zero-order valence-electron chi connectivity index (χ0n) is 14.2. The van der Waals surface area contributed by atoms with E-state index in [-0.39, 0.29) is 0 Å². The molecule has 0 unspecified atom stereocenters. The summed E-state index contributed by atoms with van der Waals surface area (Å²) in [6.07, 6.45) is 3.73. The number of carboxylic acids is 1. The van der Waals surface area contributed by atoms with Gasteiger partial charge in [0.05, 0.1) is 0 Å². The molecule has 0 amide bonds. The van der Waals surface area contributed by atoms with Crippen LogP contribution in [-0.4, -0.2) is 21.7 Å². The Labute approximate surface area is 137 Å². The molecule has 2 aromatic rings. The molecule has 0 aliphatic heterocycles. The average Bonchev–Trinajstić information content (AvgIpc) is 2.82. The molecule has 1 fully saturated rings. The number of carbonyl (C=O) groups is 1. The highest BCUT2D eigenvalue weighted by Crippen LogP contribution is 2.31. The molecule has 23 heavy (non-hydrogen) atoms. The van der Waals surface area contributed by atoms with Crippen LogP contribution in [-0.2, 0) is 13.6 Å². The SMILES string of the molecule is C[C@@H]1[C@H](C)CCC[C@@H]1NCc1c(C(=O)O)n(C)c2ccccc12. The lowest BCUT2D eigenvalue weighted by Gasteiger charge is -2.34. The van der Waals surface area contributed by atoms with E-state index in [4.69, 9.17) is 0 Å². The first-order valence-corrected chi connectivity index (χ1v) is 8.53. The van der Waals surface area contributed by atoms with Crippen molar-refractivity contribution < 1.29 is 9.90 Å². The number of benzene rings is 1. The van der Waals surface area contributed by atoms with Crippen LogP contribution >= 0.6 is 0 Å². The van der Waals surface area contributed by atoms with E-state index < -0.39 is 5.97 Å². The van der Waals surface area contributed by atoms with E-state index in [1.807, 2.05) is 31.3 Å². The topological polar surface area (TPSA) is 54.3 Å². The monoisotopic (exact) mass is 314 g/mol. The van der Waals surface area contributed by atoms with Gasteiger partial charge in [0.2, 0.25) is 0 Å². The molecule has 124 valence electrons. The molecule has 0 bridgehead atoms. The summed E-state index contributed by atoms with van der Waals surface area (Å²) in [4.78, 5) is 11.7. The summed E-state index contributed by atoms with van der Waals surface area (Å²) >= 11 is 0. The molecule has 0 radical (unpaired) electrons. The van der Waals surface area contributed by atoms with Crippen LogP contribution in [0.2, 0.25) is 0 Å². The van der Waals surface area contributed by atoms with Crippen molar-refractivity contribution in [3.63, 3.8) is 0 Å². The molecular weight excluding hydrogens is 288 g/mol. The second-order valence-corrected chi connectivity index (χ2v) is 6.96. The maximum Gasteiger partial charge on any atom is 0.352 e. The van der Waals surface area contributed by atoms with Crippen LogP contribution in [0.5, 0.6) is 0 Å². The fraction of sp³-hybridized carbons (Fsp3) is 0.526. The maximum atomic E-state index is 11.7. The van der Waals surface area contributed by atoms with Gasteiger partial charge < -0.3 is 15.0 Å². The third kappa shape index (κ3) is 2.88. The largest absolute Gasteiger partial charge is 0.477 e. The highest BCUT2D eigenvalue weighted by Gasteiger charge is 2.28. The Morgan fingerprint density at radius 3 is 2.78 bits per heavy atom. The molecule has 3 atom stereocenters. The summed E-state index contributed by atoms with van der Waals surface area (Å²) in [5.41, 5.74) is 2.28. The first kappa shape index (κ1) is 16.1. The fourth-order valence-electron chi connectivity index (χ4n) is 4.03. The molecule has 0 spiro atoms. The van der Waals surface area contributed by atoms with Crippen LogP contribution in [0.4, 0.5) is 0 Å². The van der Waals surface area contributed by atoms with Gasteiger partial charge in [0, 0.05) is 36.1 Å². The number of aryl methyl sites for hydroxylation is 1. The number of hydrogen-bond donors (Lipinski definition) is 2. The molecule has 1 aliphatic carbocycles. The minimum absolute atomic E-state index is 0.398. The minimum Gasteiger partial charge on any atom is -0.477 e. The van der Waals surface area contributed by atoms with E-state index >= 15 is 0 Å². The summed E-state index contributed by atoms with van der Waals surface area (Å²) in [7, 11) is 1.83. The van der Waals surface area contributed by atoms with E-state index in [2.05, 4.69) is 19.2 Å². The summed E-state index contributed by atoms with van der Waals surface area (Å²) < 4.78 is 1.79. The van der Waals surface area contributed by atoms with E-state index in [0.29, 0.717) is 24.2 Å². The van der Waals surface area contributed by atoms with Crippen molar-refractivity contribution >= 4 is 16.9 Å². The van der Waals surface area contributed by atoms with Crippen molar-refractivity contribution in [2.24, 2.45) is 18.9 Å². The van der Waals surface area contributed by atoms with Gasteiger partial charge in [-0.1, -0.05) is 44.9 Å². The van der Waals surface area contributed by atoms with Gasteiger partial charge >= 0.3 is 5.97 Å². The van der Waals surface area contributed by atoms with E-state index in [0.717, 1.165) is 22.4 Å². The molecule has 1 aliphatic rings. The zero-order chi connectivity index (χ0) is 16.6. The smallest absolute Gasteiger partial charge is 0.352 e. The number of aromatic carboxylic acids is 1. The van der Waals surface area contributed by atoms with Crippen molar-refractivity contribution in [1.82, 2.24) is 9.88 Å². The van der Waals surface area contributed by atoms with Crippen molar-refractivity contribution in [3.8, 4) is 0 Å². The number of aromatic nitrogens is 1. The van der Waals surface area contributed by atoms with Crippen LogP contribution in [0, 0.1) is 11.8 Å². The Morgan fingerprint density at radius 1 is 1.30 bits per heavy atom. The van der Waals surface area contributed by atoms with Gasteiger partial charge in [-0.3, -0.25) is 0 Å². The molecule has 1 aromatic carbocycles. The lowest BCUT2D eigenvalue weighted by Crippen LogP contribution is -2.40. The first-order valence-electron chi connectivity index (χ1n) is 8.53. The summed E-state index contributed by atoms with van der Waals surface area (Å²) in [5.74, 6) is 0.505. The van der Waals surface area contributed by atoms with Crippen LogP contribution in [0.15, 0.2) is 24.3 Å². The Kier molecular flexibility index (Phi) is 4.44. The summed E-state index contributed by atoms with van der Waals surface area (Å²) in [6.45, 7) is 5.24. The number of nitrogens with one attached hydrogen (secondary N) is 1. The fourth-order valence-corrected chi connectivity index (χ4v) is 4.03. The molecular formula is C19H26N2O2. The van der Waals surface area contributed by atoms with E-state index in [1.54, 1.807) is 4.57 Å². The third-order valence-electron chi connectivity index (χ3n) is 5.66. The molecule has 2 N–H and O–H groups in total. The highest BCUT2D eigenvalue weighted by atomic mass is 16.4. The Bertz CT molecular complexity index is 719. The van der Waals surface area contributed by atoms with Gasteiger partial charge in [0.15, 0.2) is 0 Å². The van der Waals surface area contributed by atoms with Gasteiger partial charge in [0.25, 0.3) is 0 Å². The number of carboxylic acid groups (broad SMARTS) is 1. The number of fused-ring (bicyclic) bond motifs is 1. The number of nitrogens with zero attached hydrogens (tertiary/aromatic N) is 1. The first-order chi connectivity index (χ1) is 11.0. The number of rotatable bonds is 4. The van der Waals surface area contributed by atoms with Crippen LogP contribution in [0.3, 0.4) is 0 Å². The van der Waals surface area contributed by atoms with Gasteiger partial charge in [0.1, 0.15) is 5.69 Å². The van der Waals surface area contributed by atoms with Crippen molar-refractivity contribution in [2.75, 3.05) is 0 Å². The van der Waals surface area contributed by atoms with Crippen LogP contribution in [0.1, 0.15) is 49.2 Å². The van der Waals surface area contributed by atoms with Crippen LogP contribution < -0.4 is 5.32 Å². The molecule has 1 heterocycles. The van der Waals surface area contributed by atoms with Crippen LogP contribution in [0.25, 0.3) is 10.9 Å². The lowest BCUT2D eigenvalue weighted by atomic mass is 9.78. The summed E-state index contributed by atoms with van der Waals surface area (Å²) in [5, 5.41) is 14.3. The second-order valence-electron chi connectivity index (χ2n) is 6.96. The lowest BCUT2D eigenvalue weighted by molar-refractivity contribution is 0.0685. The molecule has 1 aromatic heterocycles. The number of hydrogen-bond acceptors (Lipinski definition) is 2. The van der Waals surface area contributed by atoms with E-state index in [1.165, 1.54) is 19.3 Å². The zero-order valence-corrected chi connectivity index (χ0v) is 14.2. The number of para-hydroxylation sites is 1. The molecule has 1 saturated carbocycles. The van der Waals surface area contributed by atoms with Gasteiger partial charge in [-0.25, -0.2) is 4.79 Å². The van der Waals surface area contributed by atoms with Crippen molar-refractivity contribution in [3.05, 3.63) is 35.5 Å². The predicted molar refractivity (Wildman–Crippen MR) is 92.7 cm³/mol. The molecule has 4 nitrogen and oxygen atoms in total. The Morgan fingerprint density at radius 2 is 2.04 bits per heavy atom. The predicted octanol–water partition coefficient (Wildman–Crippen LogP) is 3.79. The normalized spacial score (nSPS) is 24.9.